The summed E-state index contributed by atoms with van der Waals surface area (Å²) in [7, 11) is 0. The van der Waals surface area contributed by atoms with Crippen LogP contribution in [0.2, 0.25) is 0 Å². The Bertz CT molecular complexity index is 946. The molecule has 0 radical (unpaired) electrons. The van der Waals surface area contributed by atoms with Crippen LogP contribution < -0.4 is 10.2 Å². The molecule has 0 saturated carbocycles. The van der Waals surface area contributed by atoms with Crippen LogP contribution in [-0.2, 0) is 4.79 Å². The fourth-order valence-electron chi connectivity index (χ4n) is 3.45. The molecule has 1 aliphatic rings. The van der Waals surface area contributed by atoms with Gasteiger partial charge in [-0.2, -0.15) is 0 Å². The minimum absolute atomic E-state index is 0.101. The summed E-state index contributed by atoms with van der Waals surface area (Å²) in [5, 5.41) is 2.81. The lowest BCUT2D eigenvalue weighted by Gasteiger charge is -2.32. The first kappa shape index (κ1) is 18.1. The first-order valence-corrected chi connectivity index (χ1v) is 9.38. The van der Waals surface area contributed by atoms with E-state index < -0.39 is 0 Å². The molecule has 0 spiro atoms. The maximum Gasteiger partial charge on any atom is 0.229 e. The highest BCUT2D eigenvalue weighted by Gasteiger charge is 2.27. The van der Waals surface area contributed by atoms with Crippen molar-refractivity contribution in [1.29, 1.82) is 0 Å². The van der Waals surface area contributed by atoms with Gasteiger partial charge in [0.1, 0.15) is 5.82 Å². The summed E-state index contributed by atoms with van der Waals surface area (Å²) in [6.45, 7) is 1.36. The maximum absolute atomic E-state index is 13.3. The lowest BCUT2D eigenvalue weighted by molar-refractivity contribution is -0.120. The second kappa shape index (κ2) is 8.17. The zero-order valence-electron chi connectivity index (χ0n) is 15.4. The zero-order chi connectivity index (χ0) is 19.3. The first-order valence-electron chi connectivity index (χ1n) is 9.38. The smallest absolute Gasteiger partial charge is 0.229 e. The number of piperidine rings is 1. The largest absolute Gasteiger partial charge is 0.340 e. The quantitative estimate of drug-likeness (QED) is 0.744. The minimum atomic E-state index is -0.366. The maximum atomic E-state index is 13.3. The molecule has 5 nitrogen and oxygen atoms in total. The molecule has 2 aromatic carbocycles. The molecule has 0 aliphatic carbocycles. The van der Waals surface area contributed by atoms with Crippen molar-refractivity contribution < 1.29 is 9.18 Å². The summed E-state index contributed by atoms with van der Waals surface area (Å²) >= 11 is 0. The Hall–Kier alpha value is -3.28. The topological polar surface area (TPSA) is 58.1 Å². The number of hydrogen-bond acceptors (Lipinski definition) is 4. The second-order valence-corrected chi connectivity index (χ2v) is 6.92. The van der Waals surface area contributed by atoms with Gasteiger partial charge in [0.05, 0.1) is 5.92 Å². The number of aromatic nitrogens is 2. The molecule has 1 saturated heterocycles. The molecule has 2 heterocycles. The second-order valence-electron chi connectivity index (χ2n) is 6.92. The summed E-state index contributed by atoms with van der Waals surface area (Å²) < 4.78 is 13.3. The van der Waals surface area contributed by atoms with Crippen LogP contribution in [0.1, 0.15) is 12.8 Å². The highest BCUT2D eigenvalue weighted by Crippen LogP contribution is 2.24. The van der Waals surface area contributed by atoms with Crippen LogP contribution in [0, 0.1) is 11.7 Å². The first-order chi connectivity index (χ1) is 13.7. The molecule has 0 unspecified atom stereocenters. The van der Waals surface area contributed by atoms with Gasteiger partial charge in [-0.25, -0.2) is 14.4 Å². The van der Waals surface area contributed by atoms with Gasteiger partial charge >= 0.3 is 0 Å². The van der Waals surface area contributed by atoms with Crippen LogP contribution in [0.4, 0.5) is 16.0 Å². The van der Waals surface area contributed by atoms with E-state index in [9.17, 15) is 9.18 Å². The summed E-state index contributed by atoms with van der Waals surface area (Å²) in [4.78, 5) is 23.6. The molecule has 28 heavy (non-hydrogen) atoms. The Labute approximate surface area is 163 Å². The predicted octanol–water partition coefficient (Wildman–Crippen LogP) is 4.14. The molecule has 0 bridgehead atoms. The van der Waals surface area contributed by atoms with E-state index in [1.807, 2.05) is 47.6 Å². The van der Waals surface area contributed by atoms with E-state index in [-0.39, 0.29) is 17.6 Å². The predicted molar refractivity (Wildman–Crippen MR) is 107 cm³/mol. The van der Waals surface area contributed by atoms with Gasteiger partial charge in [0, 0.05) is 36.7 Å². The highest BCUT2D eigenvalue weighted by molar-refractivity contribution is 5.93. The number of nitrogens with zero attached hydrogens (tertiary/aromatic N) is 3. The Morgan fingerprint density at radius 1 is 1.04 bits per heavy atom. The lowest BCUT2D eigenvalue weighted by atomic mass is 9.97. The summed E-state index contributed by atoms with van der Waals surface area (Å²) in [5.74, 6) is -0.0245. The Balaban J connectivity index is 1.42. The van der Waals surface area contributed by atoms with Crippen molar-refractivity contribution in [3.8, 4) is 11.1 Å². The van der Waals surface area contributed by atoms with Crippen molar-refractivity contribution >= 4 is 17.5 Å². The van der Waals surface area contributed by atoms with Crippen LogP contribution in [-0.4, -0.2) is 29.0 Å². The van der Waals surface area contributed by atoms with Gasteiger partial charge < -0.3 is 10.2 Å². The van der Waals surface area contributed by atoms with Crippen LogP contribution in [0.3, 0.4) is 0 Å². The Morgan fingerprint density at radius 2 is 1.82 bits per heavy atom. The summed E-state index contributed by atoms with van der Waals surface area (Å²) in [5.41, 5.74) is 2.51. The fraction of sp³-hybridized carbons (Fsp3) is 0.227. The Kier molecular flexibility index (Phi) is 5.28. The molecule has 6 heteroatoms. The number of benzene rings is 2. The molecular formula is C22H21FN4O. The van der Waals surface area contributed by atoms with Gasteiger partial charge in [0.2, 0.25) is 11.9 Å². The van der Waals surface area contributed by atoms with Gasteiger partial charge in [0.15, 0.2) is 0 Å². The Morgan fingerprint density at radius 3 is 2.57 bits per heavy atom. The minimum Gasteiger partial charge on any atom is -0.340 e. The van der Waals surface area contributed by atoms with Crippen LogP contribution >= 0.6 is 0 Å². The lowest BCUT2D eigenvalue weighted by Crippen LogP contribution is -2.41. The van der Waals surface area contributed by atoms with E-state index in [1.54, 1.807) is 12.1 Å². The third kappa shape index (κ3) is 4.17. The normalized spacial score (nSPS) is 16.6. The molecule has 1 atom stereocenters. The number of nitrogens with one attached hydrogen (secondary N) is 1. The molecule has 1 aliphatic heterocycles. The molecule has 4 rings (SSSR count). The van der Waals surface area contributed by atoms with E-state index in [1.165, 1.54) is 12.1 Å². The van der Waals surface area contributed by atoms with Crippen molar-refractivity contribution in [2.24, 2.45) is 5.92 Å². The van der Waals surface area contributed by atoms with Crippen molar-refractivity contribution in [3.63, 3.8) is 0 Å². The van der Waals surface area contributed by atoms with E-state index in [0.717, 1.165) is 30.5 Å². The van der Waals surface area contributed by atoms with E-state index in [4.69, 9.17) is 0 Å². The van der Waals surface area contributed by atoms with Gasteiger partial charge in [-0.1, -0.05) is 36.4 Å². The molecule has 1 N–H and O–H groups in total. The number of halogens is 1. The SMILES string of the molecule is O=C(Nc1cccc(F)c1)[C@H]1CCCN(c2ncc(-c3ccccc3)cn2)C1. The number of anilines is 2. The average Bonchev–Trinajstić information content (AvgIpc) is 2.75. The van der Waals surface area contributed by atoms with Crippen LogP contribution in [0.5, 0.6) is 0 Å². The van der Waals surface area contributed by atoms with Gasteiger partial charge in [-0.15, -0.1) is 0 Å². The van der Waals surface area contributed by atoms with Crippen LogP contribution in [0.25, 0.3) is 11.1 Å². The number of amides is 1. The molecule has 1 aromatic heterocycles. The van der Waals surface area contributed by atoms with Crippen molar-refractivity contribution in [2.45, 2.75) is 12.8 Å². The molecule has 3 aromatic rings. The van der Waals surface area contributed by atoms with E-state index in [0.29, 0.717) is 18.2 Å². The standard InChI is InChI=1S/C22H21FN4O/c23-19-9-4-10-20(12-19)26-21(28)17-8-5-11-27(15-17)22-24-13-18(14-25-22)16-6-2-1-3-7-16/h1-4,6-7,9-10,12-14,17H,5,8,11,15H2,(H,26,28)/t17-/m0/s1. The molecule has 1 amide bonds. The average molecular weight is 376 g/mol. The third-order valence-corrected chi connectivity index (χ3v) is 4.91. The van der Waals surface area contributed by atoms with Crippen LogP contribution in [0.15, 0.2) is 67.0 Å². The van der Waals surface area contributed by atoms with Crippen molar-refractivity contribution in [1.82, 2.24) is 9.97 Å². The summed E-state index contributed by atoms with van der Waals surface area (Å²) in [6, 6.07) is 15.9. The van der Waals surface area contributed by atoms with Gasteiger partial charge in [0.25, 0.3) is 0 Å². The fourth-order valence-corrected chi connectivity index (χ4v) is 3.45. The monoisotopic (exact) mass is 376 g/mol. The van der Waals surface area contributed by atoms with E-state index >= 15 is 0 Å². The molecule has 1 fully saturated rings. The van der Waals surface area contributed by atoms with Crippen molar-refractivity contribution in [3.05, 3.63) is 72.8 Å². The molecular weight excluding hydrogens is 355 g/mol. The number of hydrogen-bond donors (Lipinski definition) is 1. The molecule has 142 valence electrons. The number of rotatable bonds is 4. The number of carbonyl (C=O) groups is 1. The van der Waals surface area contributed by atoms with E-state index in [2.05, 4.69) is 15.3 Å². The van der Waals surface area contributed by atoms with Gasteiger partial charge in [-0.3, -0.25) is 4.79 Å². The van der Waals surface area contributed by atoms with Crippen molar-refractivity contribution in [2.75, 3.05) is 23.3 Å². The number of carbonyl (C=O) groups excluding carboxylic acids is 1. The highest BCUT2D eigenvalue weighted by atomic mass is 19.1. The summed E-state index contributed by atoms with van der Waals surface area (Å²) in [6.07, 6.45) is 5.30. The van der Waals surface area contributed by atoms with Gasteiger partial charge in [-0.05, 0) is 36.6 Å². The third-order valence-electron chi connectivity index (χ3n) is 4.91. The zero-order valence-corrected chi connectivity index (χ0v) is 15.4.